The summed E-state index contributed by atoms with van der Waals surface area (Å²) in [5.74, 6) is 7.32. The lowest BCUT2D eigenvalue weighted by atomic mass is 9.75. The molecule has 0 aliphatic heterocycles. The molecule has 0 spiro atoms. The first-order valence-corrected chi connectivity index (χ1v) is 8.55. The number of thioether (sulfide) groups is 1. The largest absolute Gasteiger partial charge is 0.271 e. The van der Waals surface area contributed by atoms with E-state index >= 15 is 0 Å². The van der Waals surface area contributed by atoms with Gasteiger partial charge in [0.1, 0.15) is 0 Å². The molecule has 1 aliphatic carbocycles. The van der Waals surface area contributed by atoms with Crippen LogP contribution in [0.25, 0.3) is 0 Å². The zero-order valence-corrected chi connectivity index (χ0v) is 13.3. The van der Waals surface area contributed by atoms with E-state index in [1.165, 1.54) is 22.4 Å². The van der Waals surface area contributed by atoms with E-state index in [-0.39, 0.29) is 0 Å². The summed E-state index contributed by atoms with van der Waals surface area (Å²) in [6.45, 7) is 0. The van der Waals surface area contributed by atoms with Crippen molar-refractivity contribution in [3.63, 3.8) is 0 Å². The number of rotatable bonds is 6. The van der Waals surface area contributed by atoms with E-state index in [1.807, 2.05) is 18.2 Å². The fourth-order valence-electron chi connectivity index (χ4n) is 2.85. The van der Waals surface area contributed by atoms with Gasteiger partial charge in [-0.3, -0.25) is 11.3 Å². The van der Waals surface area contributed by atoms with Crippen molar-refractivity contribution < 1.29 is 0 Å². The van der Waals surface area contributed by atoms with Crippen molar-refractivity contribution in [1.29, 1.82) is 0 Å². The number of hydrogen-bond acceptors (Lipinski definition) is 3. The van der Waals surface area contributed by atoms with Gasteiger partial charge in [-0.2, -0.15) is 0 Å². The first-order valence-electron chi connectivity index (χ1n) is 7.18. The van der Waals surface area contributed by atoms with Gasteiger partial charge < -0.3 is 0 Å². The maximum Gasteiger partial charge on any atom is 0.0417 e. The van der Waals surface area contributed by atoms with Gasteiger partial charge in [0, 0.05) is 21.7 Å². The summed E-state index contributed by atoms with van der Waals surface area (Å²) in [5, 5.41) is 0.783. The highest BCUT2D eigenvalue weighted by atomic mass is 35.5. The van der Waals surface area contributed by atoms with Gasteiger partial charge in [-0.1, -0.05) is 41.9 Å². The number of hydrazine groups is 1. The molecule has 0 saturated carbocycles. The van der Waals surface area contributed by atoms with Crippen LogP contribution in [0.5, 0.6) is 0 Å². The van der Waals surface area contributed by atoms with Crippen LogP contribution in [0.3, 0.4) is 0 Å². The summed E-state index contributed by atoms with van der Waals surface area (Å²) in [5.41, 5.74) is 5.94. The van der Waals surface area contributed by atoms with Crippen molar-refractivity contribution in [2.45, 2.75) is 29.7 Å². The number of benzene rings is 2. The Labute approximate surface area is 135 Å². The molecule has 4 heteroatoms. The third-order valence-corrected chi connectivity index (χ3v) is 5.40. The Morgan fingerprint density at radius 2 is 2.10 bits per heavy atom. The van der Waals surface area contributed by atoms with Crippen molar-refractivity contribution >= 4 is 23.4 Å². The molecule has 0 saturated heterocycles. The van der Waals surface area contributed by atoms with Gasteiger partial charge in [0.2, 0.25) is 0 Å². The zero-order chi connectivity index (χ0) is 14.7. The molecule has 21 heavy (non-hydrogen) atoms. The second kappa shape index (κ2) is 6.84. The molecular formula is C17H19ClN2S. The quantitative estimate of drug-likeness (QED) is 0.480. The Morgan fingerprint density at radius 1 is 1.24 bits per heavy atom. The molecule has 2 aromatic carbocycles. The van der Waals surface area contributed by atoms with E-state index in [9.17, 15) is 0 Å². The standard InChI is InChI=1S/C17H19ClN2S/c18-14-5-3-6-16(10-14)21-11-15(20-19)9-13-8-12-4-1-2-7-17(12)13/h1-7,10,13,15,20H,8-9,11,19H2. The van der Waals surface area contributed by atoms with E-state index in [0.717, 1.165) is 17.2 Å². The Morgan fingerprint density at radius 3 is 2.86 bits per heavy atom. The molecule has 2 aromatic rings. The van der Waals surface area contributed by atoms with E-state index in [4.69, 9.17) is 17.4 Å². The van der Waals surface area contributed by atoms with Crippen molar-refractivity contribution in [2.75, 3.05) is 5.75 Å². The van der Waals surface area contributed by atoms with Crippen molar-refractivity contribution in [3.05, 3.63) is 64.7 Å². The summed E-state index contributed by atoms with van der Waals surface area (Å²) >= 11 is 7.81. The normalized spacial score (nSPS) is 17.9. The summed E-state index contributed by atoms with van der Waals surface area (Å²) in [6, 6.07) is 17.0. The van der Waals surface area contributed by atoms with Crippen LogP contribution in [-0.2, 0) is 6.42 Å². The number of fused-ring (bicyclic) bond motifs is 1. The predicted octanol–water partition coefficient (Wildman–Crippen LogP) is 3.99. The van der Waals surface area contributed by atoms with Gasteiger partial charge in [0.15, 0.2) is 0 Å². The number of nitrogens with one attached hydrogen (secondary N) is 1. The van der Waals surface area contributed by atoms with Crippen LogP contribution < -0.4 is 11.3 Å². The number of nitrogens with two attached hydrogens (primary N) is 1. The van der Waals surface area contributed by atoms with Gasteiger partial charge in [-0.15, -0.1) is 11.8 Å². The van der Waals surface area contributed by atoms with Crippen LogP contribution in [0.15, 0.2) is 53.4 Å². The fraction of sp³-hybridized carbons (Fsp3) is 0.294. The SMILES string of the molecule is NNC(CSc1cccc(Cl)c1)CC1Cc2ccccc21. The Balaban J connectivity index is 1.55. The highest BCUT2D eigenvalue weighted by Crippen LogP contribution is 2.38. The van der Waals surface area contributed by atoms with Crippen LogP contribution >= 0.6 is 23.4 Å². The third-order valence-electron chi connectivity index (χ3n) is 4.01. The molecular weight excluding hydrogens is 300 g/mol. The molecule has 3 N–H and O–H groups in total. The van der Waals surface area contributed by atoms with Gasteiger partial charge in [0.25, 0.3) is 0 Å². The smallest absolute Gasteiger partial charge is 0.0417 e. The van der Waals surface area contributed by atoms with E-state index < -0.39 is 0 Å². The highest BCUT2D eigenvalue weighted by Gasteiger charge is 2.27. The van der Waals surface area contributed by atoms with Gasteiger partial charge in [0.05, 0.1) is 0 Å². The molecule has 0 amide bonds. The first-order chi connectivity index (χ1) is 10.3. The summed E-state index contributed by atoms with van der Waals surface area (Å²) in [7, 11) is 0. The van der Waals surface area contributed by atoms with E-state index in [2.05, 4.69) is 35.8 Å². The molecule has 0 heterocycles. The van der Waals surface area contributed by atoms with Gasteiger partial charge in [-0.05, 0) is 48.1 Å². The second-order valence-corrected chi connectivity index (χ2v) is 7.00. The lowest BCUT2D eigenvalue weighted by molar-refractivity contribution is 0.452. The molecule has 0 fully saturated rings. The molecule has 2 unspecified atom stereocenters. The predicted molar refractivity (Wildman–Crippen MR) is 90.8 cm³/mol. The van der Waals surface area contributed by atoms with Crippen LogP contribution in [-0.4, -0.2) is 11.8 Å². The summed E-state index contributed by atoms with van der Waals surface area (Å²) < 4.78 is 0. The zero-order valence-electron chi connectivity index (χ0n) is 11.8. The van der Waals surface area contributed by atoms with Crippen molar-refractivity contribution in [3.8, 4) is 0 Å². The lowest BCUT2D eigenvalue weighted by Gasteiger charge is -2.32. The minimum absolute atomic E-state index is 0.312. The topological polar surface area (TPSA) is 38.0 Å². The molecule has 2 atom stereocenters. The second-order valence-electron chi connectivity index (χ2n) is 5.47. The fourth-order valence-corrected chi connectivity index (χ4v) is 4.12. The van der Waals surface area contributed by atoms with Crippen LogP contribution in [0, 0.1) is 0 Å². The highest BCUT2D eigenvalue weighted by molar-refractivity contribution is 7.99. The maximum absolute atomic E-state index is 6.01. The molecule has 1 aliphatic rings. The van der Waals surface area contributed by atoms with Crippen LogP contribution in [0.1, 0.15) is 23.5 Å². The number of hydrogen-bond donors (Lipinski definition) is 2. The Hall–Kier alpha value is -1.00. The monoisotopic (exact) mass is 318 g/mol. The molecule has 2 nitrogen and oxygen atoms in total. The minimum atomic E-state index is 0.312. The number of halogens is 1. The Kier molecular flexibility index (Phi) is 4.86. The average Bonchev–Trinajstić information content (AvgIpc) is 2.48. The molecule has 0 bridgehead atoms. The maximum atomic E-state index is 6.01. The van der Waals surface area contributed by atoms with Crippen LogP contribution in [0.4, 0.5) is 0 Å². The van der Waals surface area contributed by atoms with Crippen molar-refractivity contribution in [1.82, 2.24) is 5.43 Å². The first kappa shape index (κ1) is 14.9. The Bertz CT molecular complexity index is 617. The summed E-state index contributed by atoms with van der Waals surface area (Å²) in [6.07, 6.45) is 2.26. The van der Waals surface area contributed by atoms with E-state index in [0.29, 0.717) is 12.0 Å². The average molecular weight is 319 g/mol. The van der Waals surface area contributed by atoms with Crippen molar-refractivity contribution in [2.24, 2.45) is 5.84 Å². The molecule has 0 aromatic heterocycles. The third kappa shape index (κ3) is 3.61. The molecule has 110 valence electrons. The molecule has 0 radical (unpaired) electrons. The van der Waals surface area contributed by atoms with Gasteiger partial charge in [-0.25, -0.2) is 0 Å². The summed E-state index contributed by atoms with van der Waals surface area (Å²) in [4.78, 5) is 1.19. The molecule has 3 rings (SSSR count). The lowest BCUT2D eigenvalue weighted by Crippen LogP contribution is -2.39. The van der Waals surface area contributed by atoms with Gasteiger partial charge >= 0.3 is 0 Å². The van der Waals surface area contributed by atoms with E-state index in [1.54, 1.807) is 11.8 Å². The minimum Gasteiger partial charge on any atom is -0.271 e. The van der Waals surface area contributed by atoms with Crippen LogP contribution in [0.2, 0.25) is 5.02 Å².